The van der Waals surface area contributed by atoms with E-state index in [1.54, 1.807) is 0 Å². The van der Waals surface area contributed by atoms with E-state index in [2.05, 4.69) is 72.6 Å². The van der Waals surface area contributed by atoms with Crippen molar-refractivity contribution in [2.75, 3.05) is 6.54 Å². The van der Waals surface area contributed by atoms with Gasteiger partial charge in [-0.15, -0.1) is 0 Å². The Morgan fingerprint density at radius 2 is 1.62 bits per heavy atom. The maximum absolute atomic E-state index is 5.74. The van der Waals surface area contributed by atoms with E-state index in [4.69, 9.17) is 5.73 Å². The van der Waals surface area contributed by atoms with Crippen molar-refractivity contribution in [1.29, 1.82) is 0 Å². The van der Waals surface area contributed by atoms with Gasteiger partial charge in [0.2, 0.25) is 0 Å². The molecule has 0 atom stereocenters. The number of aromatic nitrogens is 1. The topological polar surface area (TPSA) is 41.8 Å². The Hall–Kier alpha value is -2.58. The molecule has 0 bridgehead atoms. The predicted octanol–water partition coefficient (Wildman–Crippen LogP) is 5.83. The van der Waals surface area contributed by atoms with E-state index in [0.29, 0.717) is 0 Å². The van der Waals surface area contributed by atoms with Gasteiger partial charge in [-0.05, 0) is 54.1 Å². The van der Waals surface area contributed by atoms with Crippen LogP contribution in [0.4, 0.5) is 0 Å². The zero-order chi connectivity index (χ0) is 17.9. The van der Waals surface area contributed by atoms with Crippen molar-refractivity contribution in [1.82, 2.24) is 4.98 Å². The first-order valence-corrected chi connectivity index (χ1v) is 9.64. The molecule has 3 N–H and O–H groups in total. The highest BCUT2D eigenvalue weighted by Crippen LogP contribution is 2.36. The lowest BCUT2D eigenvalue weighted by Gasteiger charge is -2.09. The molecule has 3 aromatic carbocycles. The van der Waals surface area contributed by atoms with Gasteiger partial charge in [0, 0.05) is 16.5 Å². The third kappa shape index (κ3) is 2.91. The van der Waals surface area contributed by atoms with Crippen LogP contribution in [0.2, 0.25) is 0 Å². The second-order valence-electron chi connectivity index (χ2n) is 6.94. The average Bonchev–Trinajstić information content (AvgIpc) is 3.06. The number of hydrogen-bond acceptors (Lipinski definition) is 1. The van der Waals surface area contributed by atoms with Crippen LogP contribution in [-0.2, 0) is 12.8 Å². The quantitative estimate of drug-likeness (QED) is 0.425. The molecular weight excluding hydrogens is 316 g/mol. The highest BCUT2D eigenvalue weighted by molar-refractivity contribution is 6.01. The number of aromatic amines is 1. The molecule has 1 heterocycles. The Morgan fingerprint density at radius 1 is 0.846 bits per heavy atom. The van der Waals surface area contributed by atoms with Crippen molar-refractivity contribution in [3.05, 3.63) is 71.8 Å². The van der Waals surface area contributed by atoms with Crippen LogP contribution in [0.5, 0.6) is 0 Å². The summed E-state index contributed by atoms with van der Waals surface area (Å²) in [5, 5.41) is 3.95. The van der Waals surface area contributed by atoms with Gasteiger partial charge < -0.3 is 10.7 Å². The summed E-state index contributed by atoms with van der Waals surface area (Å²) in [5.41, 5.74) is 12.4. The van der Waals surface area contributed by atoms with E-state index in [1.807, 2.05) is 0 Å². The number of rotatable bonds is 6. The number of para-hydroxylation sites is 1. The zero-order valence-corrected chi connectivity index (χ0v) is 15.4. The van der Waals surface area contributed by atoms with Crippen LogP contribution in [0.15, 0.2) is 60.7 Å². The molecule has 132 valence electrons. The van der Waals surface area contributed by atoms with Crippen molar-refractivity contribution in [3.8, 4) is 11.3 Å². The molecule has 0 radical (unpaired) electrons. The summed E-state index contributed by atoms with van der Waals surface area (Å²) in [6.45, 7) is 2.98. The Balaban J connectivity index is 1.96. The van der Waals surface area contributed by atoms with Crippen LogP contribution in [-0.4, -0.2) is 11.5 Å². The highest BCUT2D eigenvalue weighted by atomic mass is 14.7. The zero-order valence-electron chi connectivity index (χ0n) is 15.4. The predicted molar refractivity (Wildman–Crippen MR) is 113 cm³/mol. The lowest BCUT2D eigenvalue weighted by molar-refractivity contribution is 0.748. The first-order chi connectivity index (χ1) is 12.8. The first-order valence-electron chi connectivity index (χ1n) is 9.64. The van der Waals surface area contributed by atoms with E-state index >= 15 is 0 Å². The highest BCUT2D eigenvalue weighted by Gasteiger charge is 2.16. The van der Waals surface area contributed by atoms with Crippen molar-refractivity contribution >= 4 is 21.7 Å². The van der Waals surface area contributed by atoms with E-state index < -0.39 is 0 Å². The minimum absolute atomic E-state index is 0.756. The molecule has 2 heteroatoms. The molecule has 1 aromatic heterocycles. The molecule has 0 spiro atoms. The summed E-state index contributed by atoms with van der Waals surface area (Å²) in [6, 6.07) is 21.9. The molecule has 0 saturated heterocycles. The standard InChI is InChI=1S/C24H26N2/c1-2-17-10-7-15-21-22(13-5-6-16-25)24(26-23(17)21)20-14-8-11-18-9-3-4-12-19(18)20/h3-4,7-12,14-15,26H,2,5-6,13,16,25H2,1H3. The monoisotopic (exact) mass is 342 g/mol. The summed E-state index contributed by atoms with van der Waals surface area (Å²) in [5.74, 6) is 0. The molecule has 4 rings (SSSR count). The lowest BCUT2D eigenvalue weighted by Crippen LogP contribution is -1.99. The van der Waals surface area contributed by atoms with Crippen LogP contribution in [0, 0.1) is 0 Å². The van der Waals surface area contributed by atoms with Gasteiger partial charge in [-0.3, -0.25) is 0 Å². The summed E-state index contributed by atoms with van der Waals surface area (Å²) in [6.07, 6.45) is 4.28. The number of benzene rings is 3. The molecular formula is C24H26N2. The van der Waals surface area contributed by atoms with Crippen LogP contribution in [0.3, 0.4) is 0 Å². The maximum atomic E-state index is 5.74. The Kier molecular flexibility index (Phi) is 4.77. The van der Waals surface area contributed by atoms with E-state index in [9.17, 15) is 0 Å². The molecule has 0 aliphatic carbocycles. The fraction of sp³-hybridized carbons (Fsp3) is 0.250. The molecule has 0 amide bonds. The van der Waals surface area contributed by atoms with E-state index in [-0.39, 0.29) is 0 Å². The fourth-order valence-corrected chi connectivity index (χ4v) is 4.01. The van der Waals surface area contributed by atoms with Crippen LogP contribution < -0.4 is 5.73 Å². The minimum atomic E-state index is 0.756. The summed E-state index contributed by atoms with van der Waals surface area (Å²) in [4.78, 5) is 3.79. The van der Waals surface area contributed by atoms with Crippen molar-refractivity contribution in [2.24, 2.45) is 5.73 Å². The summed E-state index contributed by atoms with van der Waals surface area (Å²) < 4.78 is 0. The Morgan fingerprint density at radius 3 is 2.46 bits per heavy atom. The smallest absolute Gasteiger partial charge is 0.0503 e. The lowest BCUT2D eigenvalue weighted by atomic mass is 9.96. The third-order valence-electron chi connectivity index (χ3n) is 5.35. The maximum Gasteiger partial charge on any atom is 0.0503 e. The fourth-order valence-electron chi connectivity index (χ4n) is 4.01. The van der Waals surface area contributed by atoms with Gasteiger partial charge in [-0.2, -0.15) is 0 Å². The number of hydrogen-bond donors (Lipinski definition) is 2. The van der Waals surface area contributed by atoms with Gasteiger partial charge in [0.15, 0.2) is 0 Å². The molecule has 2 nitrogen and oxygen atoms in total. The first kappa shape index (κ1) is 16.9. The number of H-pyrrole nitrogens is 1. The van der Waals surface area contributed by atoms with Gasteiger partial charge in [0.25, 0.3) is 0 Å². The molecule has 0 unspecified atom stereocenters. The number of fused-ring (bicyclic) bond motifs is 2. The summed E-state index contributed by atoms with van der Waals surface area (Å²) >= 11 is 0. The molecule has 26 heavy (non-hydrogen) atoms. The summed E-state index contributed by atoms with van der Waals surface area (Å²) in [7, 11) is 0. The normalized spacial score (nSPS) is 11.5. The molecule has 0 fully saturated rings. The minimum Gasteiger partial charge on any atom is -0.354 e. The van der Waals surface area contributed by atoms with Crippen molar-refractivity contribution < 1.29 is 0 Å². The number of nitrogens with one attached hydrogen (secondary N) is 1. The SMILES string of the molecule is CCc1cccc2c(CCCCN)c(-c3cccc4ccccc34)[nH]c12. The van der Waals surface area contributed by atoms with Crippen LogP contribution in [0.1, 0.15) is 30.9 Å². The Labute approximate surface area is 155 Å². The molecule has 0 aliphatic rings. The largest absolute Gasteiger partial charge is 0.354 e. The molecule has 0 saturated carbocycles. The van der Waals surface area contributed by atoms with Crippen molar-refractivity contribution in [2.45, 2.75) is 32.6 Å². The van der Waals surface area contributed by atoms with Crippen molar-refractivity contribution in [3.63, 3.8) is 0 Å². The van der Waals surface area contributed by atoms with Crippen LogP contribution >= 0.6 is 0 Å². The number of aryl methyl sites for hydroxylation is 2. The van der Waals surface area contributed by atoms with Gasteiger partial charge >= 0.3 is 0 Å². The van der Waals surface area contributed by atoms with Gasteiger partial charge in [-0.1, -0.05) is 67.6 Å². The number of unbranched alkanes of at least 4 members (excludes halogenated alkanes) is 1. The van der Waals surface area contributed by atoms with Gasteiger partial charge in [-0.25, -0.2) is 0 Å². The Bertz CT molecular complexity index is 1040. The number of nitrogens with two attached hydrogens (primary N) is 1. The van der Waals surface area contributed by atoms with Gasteiger partial charge in [0.1, 0.15) is 0 Å². The molecule has 4 aromatic rings. The van der Waals surface area contributed by atoms with Crippen LogP contribution in [0.25, 0.3) is 32.9 Å². The third-order valence-corrected chi connectivity index (χ3v) is 5.35. The average molecular weight is 342 g/mol. The molecule has 0 aliphatic heterocycles. The van der Waals surface area contributed by atoms with E-state index in [1.165, 1.54) is 44.1 Å². The second-order valence-corrected chi connectivity index (χ2v) is 6.94. The second kappa shape index (κ2) is 7.35. The van der Waals surface area contributed by atoms with E-state index in [0.717, 1.165) is 32.2 Å². The van der Waals surface area contributed by atoms with Gasteiger partial charge in [0.05, 0.1) is 5.69 Å².